The van der Waals surface area contributed by atoms with Crippen molar-refractivity contribution in [2.24, 2.45) is 0 Å². The van der Waals surface area contributed by atoms with E-state index in [1.165, 1.54) is 0 Å². The van der Waals surface area contributed by atoms with Crippen molar-refractivity contribution in [2.45, 2.75) is 6.42 Å². The Morgan fingerprint density at radius 2 is 2.25 bits per heavy atom. The van der Waals surface area contributed by atoms with Crippen LogP contribution >= 0.6 is 0 Å². The number of hydrogen-bond acceptors (Lipinski definition) is 2. The van der Waals surface area contributed by atoms with E-state index in [1.807, 2.05) is 18.2 Å². The van der Waals surface area contributed by atoms with Gasteiger partial charge < -0.3 is 9.47 Å². The molecule has 3 heteroatoms. The van der Waals surface area contributed by atoms with Gasteiger partial charge in [0.2, 0.25) is 6.79 Å². The van der Waals surface area contributed by atoms with Gasteiger partial charge in [-0.2, -0.15) is 0 Å². The third kappa shape index (κ3) is 1.12. The summed E-state index contributed by atoms with van der Waals surface area (Å²) in [6.45, 7) is 0.158. The summed E-state index contributed by atoms with van der Waals surface area (Å²) in [6.07, 6.45) is 0.506. The number of hydrogen-bond donors (Lipinski definition) is 0. The second kappa shape index (κ2) is 3.03. The van der Waals surface area contributed by atoms with Crippen LogP contribution in [0.2, 0.25) is 0 Å². The number of rotatable bonds is 2. The molecular weight excluding hydrogens is 156 g/mol. The van der Waals surface area contributed by atoms with Crippen LogP contribution in [0.4, 0.5) is 0 Å². The van der Waals surface area contributed by atoms with Crippen LogP contribution in [-0.4, -0.2) is 13.4 Å². The molecule has 1 aliphatic rings. The molecule has 0 amide bonds. The maximum absolute atomic E-state index is 10.4. The Hall–Kier alpha value is -1.22. The molecular formula is C9H9O3. The molecule has 1 aromatic rings. The molecule has 0 unspecified atom stereocenters. The molecule has 0 aliphatic carbocycles. The van der Waals surface area contributed by atoms with Gasteiger partial charge in [-0.15, -0.1) is 0 Å². The molecule has 1 aromatic carbocycles. The van der Waals surface area contributed by atoms with E-state index in [9.17, 15) is 5.11 Å². The SMILES string of the molecule is [O]CCc1cccc2c1OCO2. The summed E-state index contributed by atoms with van der Waals surface area (Å²) < 4.78 is 10.4. The van der Waals surface area contributed by atoms with Crippen molar-refractivity contribution in [1.82, 2.24) is 0 Å². The van der Waals surface area contributed by atoms with E-state index in [0.717, 1.165) is 17.1 Å². The average Bonchev–Trinajstić information content (AvgIpc) is 2.53. The monoisotopic (exact) mass is 165 g/mol. The highest BCUT2D eigenvalue weighted by Crippen LogP contribution is 2.35. The smallest absolute Gasteiger partial charge is 0.231 e. The second-order valence-corrected chi connectivity index (χ2v) is 2.61. The van der Waals surface area contributed by atoms with Crippen LogP contribution in [0.15, 0.2) is 18.2 Å². The summed E-state index contributed by atoms with van der Waals surface area (Å²) in [5.41, 5.74) is 0.944. The van der Waals surface area contributed by atoms with E-state index < -0.39 is 0 Å². The molecule has 63 valence electrons. The third-order valence-electron chi connectivity index (χ3n) is 1.85. The summed E-state index contributed by atoms with van der Waals surface area (Å²) in [6, 6.07) is 5.61. The van der Waals surface area contributed by atoms with Gasteiger partial charge in [0.15, 0.2) is 11.5 Å². The quantitative estimate of drug-likeness (QED) is 0.664. The maximum Gasteiger partial charge on any atom is 0.231 e. The topological polar surface area (TPSA) is 38.4 Å². The lowest BCUT2D eigenvalue weighted by molar-refractivity contribution is 0.171. The first kappa shape index (κ1) is 7.43. The summed E-state index contributed by atoms with van der Waals surface area (Å²) in [4.78, 5) is 0. The Morgan fingerprint density at radius 1 is 1.33 bits per heavy atom. The number of benzene rings is 1. The zero-order valence-corrected chi connectivity index (χ0v) is 6.58. The lowest BCUT2D eigenvalue weighted by Crippen LogP contribution is -1.95. The van der Waals surface area contributed by atoms with E-state index >= 15 is 0 Å². The minimum atomic E-state index is -0.111. The Labute approximate surface area is 70.5 Å². The van der Waals surface area contributed by atoms with E-state index in [0.29, 0.717) is 6.42 Å². The van der Waals surface area contributed by atoms with Crippen LogP contribution in [0.5, 0.6) is 11.5 Å². The normalized spacial score (nSPS) is 13.4. The van der Waals surface area contributed by atoms with Gasteiger partial charge in [0.1, 0.15) is 0 Å². The van der Waals surface area contributed by atoms with E-state index in [4.69, 9.17) is 9.47 Å². The zero-order chi connectivity index (χ0) is 8.39. The first-order chi connectivity index (χ1) is 5.92. The molecule has 3 nitrogen and oxygen atoms in total. The molecule has 0 bridgehead atoms. The van der Waals surface area contributed by atoms with E-state index in [1.54, 1.807) is 0 Å². The molecule has 1 heterocycles. The van der Waals surface area contributed by atoms with Crippen LogP contribution in [0, 0.1) is 0 Å². The molecule has 0 saturated carbocycles. The van der Waals surface area contributed by atoms with Crippen molar-refractivity contribution in [3.63, 3.8) is 0 Å². The van der Waals surface area contributed by atoms with Gasteiger partial charge in [-0.05, 0) is 6.07 Å². The molecule has 0 atom stereocenters. The fourth-order valence-electron chi connectivity index (χ4n) is 1.30. The highest BCUT2D eigenvalue weighted by atomic mass is 16.7. The van der Waals surface area contributed by atoms with E-state index in [2.05, 4.69) is 0 Å². The molecule has 1 aliphatic heterocycles. The number of fused-ring (bicyclic) bond motifs is 1. The summed E-state index contributed by atoms with van der Waals surface area (Å²) in [7, 11) is 0. The van der Waals surface area contributed by atoms with Gasteiger partial charge in [-0.1, -0.05) is 12.1 Å². The van der Waals surface area contributed by atoms with Gasteiger partial charge in [0.05, 0.1) is 6.61 Å². The fourth-order valence-corrected chi connectivity index (χ4v) is 1.30. The Bertz CT molecular complexity index is 283. The molecule has 12 heavy (non-hydrogen) atoms. The highest BCUT2D eigenvalue weighted by Gasteiger charge is 2.16. The number of ether oxygens (including phenoxy) is 2. The van der Waals surface area contributed by atoms with Gasteiger partial charge in [-0.25, -0.2) is 5.11 Å². The molecule has 0 saturated heterocycles. The van der Waals surface area contributed by atoms with Crippen LogP contribution in [0.3, 0.4) is 0 Å². The van der Waals surface area contributed by atoms with Crippen molar-refractivity contribution >= 4 is 0 Å². The fraction of sp³-hybridized carbons (Fsp3) is 0.333. The predicted molar refractivity (Wildman–Crippen MR) is 41.8 cm³/mol. The highest BCUT2D eigenvalue weighted by molar-refractivity contribution is 5.48. The molecule has 0 N–H and O–H groups in total. The third-order valence-corrected chi connectivity index (χ3v) is 1.85. The lowest BCUT2D eigenvalue weighted by atomic mass is 10.1. The lowest BCUT2D eigenvalue weighted by Gasteiger charge is -2.01. The largest absolute Gasteiger partial charge is 0.454 e. The van der Waals surface area contributed by atoms with E-state index in [-0.39, 0.29) is 13.4 Å². The van der Waals surface area contributed by atoms with Crippen LogP contribution < -0.4 is 9.47 Å². The van der Waals surface area contributed by atoms with Crippen molar-refractivity contribution < 1.29 is 14.6 Å². The molecule has 1 radical (unpaired) electrons. The summed E-state index contributed by atoms with van der Waals surface area (Å²) >= 11 is 0. The molecule has 0 spiro atoms. The first-order valence-electron chi connectivity index (χ1n) is 3.87. The van der Waals surface area contributed by atoms with Crippen molar-refractivity contribution in [2.75, 3.05) is 13.4 Å². The minimum absolute atomic E-state index is 0.111. The van der Waals surface area contributed by atoms with Gasteiger partial charge in [0, 0.05) is 12.0 Å². The maximum atomic E-state index is 10.4. The van der Waals surface area contributed by atoms with Crippen LogP contribution in [-0.2, 0) is 11.5 Å². The zero-order valence-electron chi connectivity index (χ0n) is 6.58. The average molecular weight is 165 g/mol. The number of para-hydroxylation sites is 1. The van der Waals surface area contributed by atoms with Crippen molar-refractivity contribution in [1.29, 1.82) is 0 Å². The summed E-state index contributed by atoms with van der Waals surface area (Å²) in [5.74, 6) is 1.49. The Balaban J connectivity index is 2.36. The Kier molecular flexibility index (Phi) is 1.87. The van der Waals surface area contributed by atoms with Crippen molar-refractivity contribution in [3.05, 3.63) is 23.8 Å². The Morgan fingerprint density at radius 3 is 3.08 bits per heavy atom. The molecule has 0 aromatic heterocycles. The summed E-state index contributed by atoms with van der Waals surface area (Å²) in [5, 5.41) is 10.4. The molecule has 2 rings (SSSR count). The first-order valence-corrected chi connectivity index (χ1v) is 3.87. The second-order valence-electron chi connectivity index (χ2n) is 2.61. The van der Waals surface area contributed by atoms with Gasteiger partial charge >= 0.3 is 0 Å². The minimum Gasteiger partial charge on any atom is -0.454 e. The van der Waals surface area contributed by atoms with Gasteiger partial charge in [0.25, 0.3) is 0 Å². The predicted octanol–water partition coefficient (Wildman–Crippen LogP) is 1.39. The van der Waals surface area contributed by atoms with Crippen LogP contribution in [0.1, 0.15) is 5.56 Å². The standard InChI is InChI=1S/C9H9O3/c10-5-4-7-2-1-3-8-9(7)12-6-11-8/h1-3H,4-6H2. The molecule has 0 fully saturated rings. The van der Waals surface area contributed by atoms with Crippen LogP contribution in [0.25, 0.3) is 0 Å². The van der Waals surface area contributed by atoms with Gasteiger partial charge in [-0.3, -0.25) is 0 Å². The van der Waals surface area contributed by atoms with Crippen molar-refractivity contribution in [3.8, 4) is 11.5 Å².